The molecule has 0 amide bonds. The molecule has 0 radical (unpaired) electrons. The summed E-state index contributed by atoms with van der Waals surface area (Å²) in [6.45, 7) is 1.67. The molecule has 2 unspecified atom stereocenters. The number of rotatable bonds is 5. The van der Waals surface area contributed by atoms with Gasteiger partial charge in [-0.15, -0.1) is 0 Å². The van der Waals surface area contributed by atoms with Crippen LogP contribution in [-0.2, 0) is 9.53 Å². The van der Waals surface area contributed by atoms with Crippen molar-refractivity contribution in [3.63, 3.8) is 0 Å². The first-order valence-electron chi connectivity index (χ1n) is 5.37. The maximum Gasteiger partial charge on any atom is 0.338 e. The number of ether oxygens (including phenoxy) is 2. The van der Waals surface area contributed by atoms with E-state index in [1.54, 1.807) is 6.92 Å². The number of aliphatic hydroxyl groups is 2. The lowest BCUT2D eigenvalue weighted by molar-refractivity contribution is -0.159. The highest BCUT2D eigenvalue weighted by atomic mass is 19.1. The van der Waals surface area contributed by atoms with Crippen molar-refractivity contribution in [1.82, 2.24) is 0 Å². The minimum absolute atomic E-state index is 0.0809. The van der Waals surface area contributed by atoms with Crippen molar-refractivity contribution in [1.29, 1.82) is 0 Å². The van der Waals surface area contributed by atoms with E-state index < -0.39 is 24.0 Å². The van der Waals surface area contributed by atoms with E-state index in [1.165, 1.54) is 19.2 Å². The SMILES string of the molecule is CCOC(=O)C(O)C(O)c1ccc(F)c(OC)c1. The fourth-order valence-corrected chi connectivity index (χ4v) is 1.40. The molecule has 0 fully saturated rings. The zero-order valence-corrected chi connectivity index (χ0v) is 10.1. The first-order chi connectivity index (χ1) is 8.51. The van der Waals surface area contributed by atoms with Gasteiger partial charge in [0, 0.05) is 0 Å². The highest BCUT2D eigenvalue weighted by Gasteiger charge is 2.27. The van der Waals surface area contributed by atoms with Crippen LogP contribution in [0.3, 0.4) is 0 Å². The topological polar surface area (TPSA) is 76.0 Å². The van der Waals surface area contributed by atoms with E-state index in [4.69, 9.17) is 4.74 Å². The van der Waals surface area contributed by atoms with Crippen molar-refractivity contribution in [2.45, 2.75) is 19.1 Å². The Bertz CT molecular complexity index is 421. The van der Waals surface area contributed by atoms with E-state index in [0.29, 0.717) is 0 Å². The van der Waals surface area contributed by atoms with Gasteiger partial charge in [-0.05, 0) is 24.6 Å². The molecule has 6 heteroatoms. The van der Waals surface area contributed by atoms with E-state index in [1.807, 2.05) is 0 Å². The van der Waals surface area contributed by atoms with Gasteiger partial charge in [-0.25, -0.2) is 9.18 Å². The smallest absolute Gasteiger partial charge is 0.338 e. The first kappa shape index (κ1) is 14.4. The molecular formula is C12H15FO5. The summed E-state index contributed by atoms with van der Waals surface area (Å²) in [4.78, 5) is 11.2. The van der Waals surface area contributed by atoms with Crippen LogP contribution in [0.15, 0.2) is 18.2 Å². The molecule has 0 aliphatic carbocycles. The van der Waals surface area contributed by atoms with Crippen molar-refractivity contribution in [2.24, 2.45) is 0 Å². The molecule has 100 valence electrons. The summed E-state index contributed by atoms with van der Waals surface area (Å²) >= 11 is 0. The van der Waals surface area contributed by atoms with Gasteiger partial charge in [0.1, 0.15) is 6.10 Å². The molecule has 0 aliphatic heterocycles. The molecule has 0 saturated carbocycles. The Morgan fingerprint density at radius 3 is 2.67 bits per heavy atom. The lowest BCUT2D eigenvalue weighted by atomic mass is 10.0. The monoisotopic (exact) mass is 258 g/mol. The van der Waals surface area contributed by atoms with Gasteiger partial charge in [0.2, 0.25) is 0 Å². The molecule has 1 aromatic carbocycles. The van der Waals surface area contributed by atoms with Crippen LogP contribution in [0.25, 0.3) is 0 Å². The number of halogens is 1. The normalized spacial score (nSPS) is 13.8. The summed E-state index contributed by atoms with van der Waals surface area (Å²) in [5, 5.41) is 19.3. The highest BCUT2D eigenvalue weighted by molar-refractivity contribution is 5.75. The summed E-state index contributed by atoms with van der Waals surface area (Å²) in [7, 11) is 1.27. The Labute approximate surface area is 104 Å². The van der Waals surface area contributed by atoms with Crippen molar-refractivity contribution in [2.75, 3.05) is 13.7 Å². The average molecular weight is 258 g/mol. The Morgan fingerprint density at radius 1 is 1.44 bits per heavy atom. The second-order valence-corrected chi connectivity index (χ2v) is 3.54. The molecule has 1 rings (SSSR count). The van der Waals surface area contributed by atoms with Crippen LogP contribution in [-0.4, -0.2) is 36.0 Å². The number of hydrogen-bond acceptors (Lipinski definition) is 5. The average Bonchev–Trinajstić information content (AvgIpc) is 2.38. The van der Waals surface area contributed by atoms with Gasteiger partial charge in [0.15, 0.2) is 17.7 Å². The Balaban J connectivity index is 2.89. The van der Waals surface area contributed by atoms with Gasteiger partial charge in [-0.3, -0.25) is 0 Å². The molecule has 0 bridgehead atoms. The molecule has 18 heavy (non-hydrogen) atoms. The van der Waals surface area contributed by atoms with Gasteiger partial charge in [-0.2, -0.15) is 0 Å². The minimum atomic E-state index is -1.72. The molecule has 2 atom stereocenters. The van der Waals surface area contributed by atoms with Gasteiger partial charge >= 0.3 is 5.97 Å². The van der Waals surface area contributed by atoms with E-state index in [-0.39, 0.29) is 17.9 Å². The predicted molar refractivity (Wildman–Crippen MR) is 60.6 cm³/mol. The number of carbonyl (C=O) groups is 1. The van der Waals surface area contributed by atoms with E-state index in [2.05, 4.69) is 4.74 Å². The third-order valence-electron chi connectivity index (χ3n) is 2.34. The lowest BCUT2D eigenvalue weighted by Crippen LogP contribution is -2.29. The molecular weight excluding hydrogens is 243 g/mol. The second kappa shape index (κ2) is 6.32. The number of hydrogen-bond donors (Lipinski definition) is 2. The summed E-state index contributed by atoms with van der Waals surface area (Å²) in [5.74, 6) is -1.62. The van der Waals surface area contributed by atoms with Crippen LogP contribution in [0.2, 0.25) is 0 Å². The number of methoxy groups -OCH3 is 1. The molecule has 0 saturated heterocycles. The standard InChI is InChI=1S/C12H15FO5/c1-3-18-12(16)11(15)10(14)7-4-5-8(13)9(6-7)17-2/h4-6,10-11,14-15H,3H2,1-2H3. The summed E-state index contributed by atoms with van der Waals surface area (Å²) in [5.41, 5.74) is 0.161. The zero-order chi connectivity index (χ0) is 13.7. The van der Waals surface area contributed by atoms with Gasteiger partial charge in [0.25, 0.3) is 0 Å². The van der Waals surface area contributed by atoms with Crippen LogP contribution in [0.5, 0.6) is 5.75 Å². The van der Waals surface area contributed by atoms with Crippen LogP contribution in [0.4, 0.5) is 4.39 Å². The third-order valence-corrected chi connectivity index (χ3v) is 2.34. The van der Waals surface area contributed by atoms with Gasteiger partial charge < -0.3 is 19.7 Å². The lowest BCUT2D eigenvalue weighted by Gasteiger charge is -2.17. The maximum atomic E-state index is 13.2. The number of esters is 1. The molecule has 5 nitrogen and oxygen atoms in total. The quantitative estimate of drug-likeness (QED) is 0.764. The largest absolute Gasteiger partial charge is 0.494 e. The van der Waals surface area contributed by atoms with Gasteiger partial charge in [-0.1, -0.05) is 6.07 Å². The minimum Gasteiger partial charge on any atom is -0.494 e. The van der Waals surface area contributed by atoms with Crippen molar-refractivity contribution < 1.29 is 28.9 Å². The Kier molecular flexibility index (Phi) is 5.06. The van der Waals surface area contributed by atoms with E-state index in [0.717, 1.165) is 6.07 Å². The Hall–Kier alpha value is -1.66. The van der Waals surface area contributed by atoms with Crippen LogP contribution in [0.1, 0.15) is 18.6 Å². The fraction of sp³-hybridized carbons (Fsp3) is 0.417. The summed E-state index contributed by atoms with van der Waals surface area (Å²) < 4.78 is 22.5. The Morgan fingerprint density at radius 2 is 2.11 bits per heavy atom. The van der Waals surface area contributed by atoms with Crippen LogP contribution >= 0.6 is 0 Å². The third kappa shape index (κ3) is 3.18. The highest BCUT2D eigenvalue weighted by Crippen LogP contribution is 2.24. The number of benzene rings is 1. The van der Waals surface area contributed by atoms with Crippen molar-refractivity contribution >= 4 is 5.97 Å². The molecule has 0 heterocycles. The van der Waals surface area contributed by atoms with E-state index in [9.17, 15) is 19.4 Å². The predicted octanol–water partition coefficient (Wildman–Crippen LogP) is 0.792. The summed E-state index contributed by atoms with van der Waals surface area (Å²) in [6.07, 6.45) is -3.22. The van der Waals surface area contributed by atoms with Crippen LogP contribution < -0.4 is 4.74 Å². The number of aliphatic hydroxyl groups excluding tert-OH is 2. The van der Waals surface area contributed by atoms with Crippen molar-refractivity contribution in [3.8, 4) is 5.75 Å². The second-order valence-electron chi connectivity index (χ2n) is 3.54. The van der Waals surface area contributed by atoms with Crippen LogP contribution in [0, 0.1) is 5.82 Å². The molecule has 1 aromatic rings. The van der Waals surface area contributed by atoms with Gasteiger partial charge in [0.05, 0.1) is 13.7 Å². The first-order valence-corrected chi connectivity index (χ1v) is 5.37. The van der Waals surface area contributed by atoms with Crippen molar-refractivity contribution in [3.05, 3.63) is 29.6 Å². The molecule has 0 aliphatic rings. The maximum absolute atomic E-state index is 13.2. The van der Waals surface area contributed by atoms with E-state index >= 15 is 0 Å². The summed E-state index contributed by atoms with van der Waals surface area (Å²) in [6, 6.07) is 3.54. The molecule has 2 N–H and O–H groups in total. The zero-order valence-electron chi connectivity index (χ0n) is 10.1. The number of carbonyl (C=O) groups excluding carboxylic acids is 1. The fourth-order valence-electron chi connectivity index (χ4n) is 1.40. The molecule has 0 spiro atoms. The molecule has 0 aromatic heterocycles.